The van der Waals surface area contributed by atoms with E-state index in [1.165, 1.54) is 18.6 Å². The van der Waals surface area contributed by atoms with Crippen molar-refractivity contribution in [2.45, 2.75) is 25.7 Å². The highest BCUT2D eigenvalue weighted by atomic mass is 35.5. The molecule has 1 saturated heterocycles. The Morgan fingerprint density at radius 3 is 2.60 bits per heavy atom. The van der Waals surface area contributed by atoms with Gasteiger partial charge in [0.15, 0.2) is 5.69 Å². The second kappa shape index (κ2) is 10.5. The van der Waals surface area contributed by atoms with Crippen molar-refractivity contribution in [1.82, 2.24) is 25.5 Å². The smallest absolute Gasteiger partial charge is 0.286 e. The second-order valence-electron chi connectivity index (χ2n) is 8.82. The normalized spacial score (nSPS) is 17.7. The third kappa shape index (κ3) is 5.28. The topological polar surface area (TPSA) is 62.2 Å². The molecule has 0 radical (unpaired) electrons. The summed E-state index contributed by atoms with van der Waals surface area (Å²) in [6, 6.07) is 11.5. The molecule has 6 nitrogen and oxygen atoms in total. The molecule has 3 aromatic rings. The van der Waals surface area contributed by atoms with E-state index in [0.717, 1.165) is 48.3 Å². The van der Waals surface area contributed by atoms with Crippen LogP contribution in [0.15, 0.2) is 42.5 Å². The number of amides is 1. The lowest BCUT2D eigenvalue weighted by atomic mass is 10.0. The zero-order valence-electron chi connectivity index (χ0n) is 19.2. The molecule has 0 atom stereocenters. The summed E-state index contributed by atoms with van der Waals surface area (Å²) < 4.78 is 15.2. The summed E-state index contributed by atoms with van der Waals surface area (Å²) in [5.41, 5.74) is 7.51. The summed E-state index contributed by atoms with van der Waals surface area (Å²) in [5.74, 6) is -0.517. The molecule has 182 valence electrons. The first-order valence-electron chi connectivity index (χ1n) is 11.8. The molecule has 9 heteroatoms. The van der Waals surface area contributed by atoms with Crippen LogP contribution in [0.2, 0.25) is 10.0 Å². The van der Waals surface area contributed by atoms with Crippen LogP contribution in [-0.4, -0.2) is 46.9 Å². The van der Waals surface area contributed by atoms with Gasteiger partial charge in [0.2, 0.25) is 0 Å². The van der Waals surface area contributed by atoms with Crippen molar-refractivity contribution >= 4 is 40.8 Å². The Morgan fingerprint density at radius 1 is 1.09 bits per heavy atom. The van der Waals surface area contributed by atoms with Gasteiger partial charge < -0.3 is 5.32 Å². The second-order valence-corrected chi connectivity index (χ2v) is 9.66. The Hall–Kier alpha value is -2.71. The standard InChI is InChI=1S/C26H26Cl2FN5O/c27-19-6-9-23(22(28)15-19)34-25-18(14-17-4-7-20(29)8-5-17)16-30-11-10-21(25)24(31-34)26(35)32-33-12-2-1-3-13-33/h4-9,14-15,30H,1-3,10-13,16H2,(H,32,35)/b18-14+. The summed E-state index contributed by atoms with van der Waals surface area (Å²) >= 11 is 12.7. The molecule has 3 heterocycles. The van der Waals surface area contributed by atoms with Gasteiger partial charge in [0.25, 0.3) is 5.91 Å². The maximum Gasteiger partial charge on any atom is 0.286 e. The summed E-state index contributed by atoms with van der Waals surface area (Å²) in [7, 11) is 0. The fourth-order valence-electron chi connectivity index (χ4n) is 4.63. The van der Waals surface area contributed by atoms with Gasteiger partial charge in [0.1, 0.15) is 5.82 Å². The maximum atomic E-state index is 13.5. The first kappa shape index (κ1) is 24.0. The summed E-state index contributed by atoms with van der Waals surface area (Å²) in [6.45, 7) is 2.91. The fourth-order valence-corrected chi connectivity index (χ4v) is 5.12. The zero-order chi connectivity index (χ0) is 24.4. The Balaban J connectivity index is 1.64. The van der Waals surface area contributed by atoms with E-state index in [1.807, 2.05) is 11.1 Å². The van der Waals surface area contributed by atoms with Gasteiger partial charge in [0.05, 0.1) is 16.4 Å². The molecule has 0 bridgehead atoms. The number of carbonyl (C=O) groups excluding carboxylic acids is 1. The Labute approximate surface area is 213 Å². The van der Waals surface area contributed by atoms with Gasteiger partial charge in [-0.1, -0.05) is 41.8 Å². The summed E-state index contributed by atoms with van der Waals surface area (Å²) in [6.07, 6.45) is 5.91. The van der Waals surface area contributed by atoms with Crippen molar-refractivity contribution < 1.29 is 9.18 Å². The lowest BCUT2D eigenvalue weighted by molar-refractivity contribution is 0.0743. The number of piperidine rings is 1. The van der Waals surface area contributed by atoms with Gasteiger partial charge in [-0.2, -0.15) is 5.10 Å². The highest BCUT2D eigenvalue weighted by molar-refractivity contribution is 6.35. The number of nitrogens with zero attached hydrogens (tertiary/aromatic N) is 3. The van der Waals surface area contributed by atoms with E-state index < -0.39 is 0 Å². The fraction of sp³-hybridized carbons (Fsp3) is 0.308. The van der Waals surface area contributed by atoms with E-state index in [1.54, 1.807) is 35.0 Å². The lowest BCUT2D eigenvalue weighted by Crippen LogP contribution is -2.45. The molecule has 5 rings (SSSR count). The molecule has 2 aromatic carbocycles. The number of aromatic nitrogens is 2. The third-order valence-corrected chi connectivity index (χ3v) is 6.87. The van der Waals surface area contributed by atoms with Crippen molar-refractivity contribution in [2.24, 2.45) is 0 Å². The Morgan fingerprint density at radius 2 is 1.86 bits per heavy atom. The van der Waals surface area contributed by atoms with E-state index in [0.29, 0.717) is 40.9 Å². The molecule has 35 heavy (non-hydrogen) atoms. The Bertz CT molecular complexity index is 1270. The highest BCUT2D eigenvalue weighted by Crippen LogP contribution is 2.33. The van der Waals surface area contributed by atoms with E-state index in [9.17, 15) is 9.18 Å². The number of hydrazine groups is 1. The minimum absolute atomic E-state index is 0.227. The Kier molecular flexibility index (Phi) is 7.20. The van der Waals surface area contributed by atoms with Crippen molar-refractivity contribution in [3.8, 4) is 5.69 Å². The predicted octanol–water partition coefficient (Wildman–Crippen LogP) is 5.14. The maximum absolute atomic E-state index is 13.5. The number of halogens is 3. The van der Waals surface area contributed by atoms with Crippen LogP contribution in [0.1, 0.15) is 46.6 Å². The van der Waals surface area contributed by atoms with Crippen LogP contribution in [-0.2, 0) is 6.42 Å². The molecule has 2 aliphatic heterocycles. The molecule has 1 amide bonds. The molecule has 1 fully saturated rings. The van der Waals surface area contributed by atoms with Crippen molar-refractivity contribution in [2.75, 3.05) is 26.2 Å². The van der Waals surface area contributed by atoms with E-state index in [-0.39, 0.29) is 11.7 Å². The average Bonchev–Trinajstić information content (AvgIpc) is 3.10. The molecule has 1 aromatic heterocycles. The number of hydrogen-bond acceptors (Lipinski definition) is 4. The van der Waals surface area contributed by atoms with Crippen LogP contribution in [0.4, 0.5) is 4.39 Å². The van der Waals surface area contributed by atoms with Crippen LogP contribution >= 0.6 is 23.2 Å². The minimum atomic E-state index is -0.290. The molecule has 0 spiro atoms. The van der Waals surface area contributed by atoms with E-state index >= 15 is 0 Å². The van der Waals surface area contributed by atoms with Crippen molar-refractivity contribution in [3.63, 3.8) is 0 Å². The quantitative estimate of drug-likeness (QED) is 0.507. The molecule has 2 N–H and O–H groups in total. The molecule has 2 aliphatic rings. The van der Waals surface area contributed by atoms with Gasteiger partial charge in [0, 0.05) is 30.2 Å². The van der Waals surface area contributed by atoms with Crippen molar-refractivity contribution in [3.05, 3.63) is 80.8 Å². The summed E-state index contributed by atoms with van der Waals surface area (Å²) in [4.78, 5) is 13.4. The third-order valence-electron chi connectivity index (χ3n) is 6.33. The van der Waals surface area contributed by atoms with Gasteiger partial charge in [-0.05, 0) is 73.4 Å². The molecule has 0 unspecified atom stereocenters. The SMILES string of the molecule is O=C(NN1CCCCC1)c1nn(-c2ccc(Cl)cc2Cl)c2c1CCNC/C2=C\c1ccc(F)cc1. The van der Waals surface area contributed by atoms with Crippen LogP contribution in [0.3, 0.4) is 0 Å². The molecular weight excluding hydrogens is 488 g/mol. The minimum Gasteiger partial charge on any atom is -0.312 e. The van der Waals surface area contributed by atoms with Gasteiger partial charge in [-0.25, -0.2) is 14.1 Å². The lowest BCUT2D eigenvalue weighted by Gasteiger charge is -2.26. The van der Waals surface area contributed by atoms with Crippen LogP contribution < -0.4 is 10.7 Å². The monoisotopic (exact) mass is 513 g/mol. The van der Waals surface area contributed by atoms with Crippen molar-refractivity contribution in [1.29, 1.82) is 0 Å². The predicted molar refractivity (Wildman–Crippen MR) is 137 cm³/mol. The molecule has 0 aliphatic carbocycles. The van der Waals surface area contributed by atoms with Gasteiger partial charge >= 0.3 is 0 Å². The first-order valence-corrected chi connectivity index (χ1v) is 12.6. The van der Waals surface area contributed by atoms with Gasteiger partial charge in [-0.15, -0.1) is 0 Å². The van der Waals surface area contributed by atoms with Crippen LogP contribution in [0, 0.1) is 5.82 Å². The first-order chi connectivity index (χ1) is 17.0. The number of fused-ring (bicyclic) bond motifs is 1. The van der Waals surface area contributed by atoms with Crippen LogP contribution in [0.25, 0.3) is 17.3 Å². The zero-order valence-corrected chi connectivity index (χ0v) is 20.7. The number of rotatable bonds is 4. The summed E-state index contributed by atoms with van der Waals surface area (Å²) in [5, 5.41) is 11.1. The van der Waals surface area contributed by atoms with Crippen LogP contribution in [0.5, 0.6) is 0 Å². The number of carbonyl (C=O) groups is 1. The van der Waals surface area contributed by atoms with Gasteiger partial charge in [-0.3, -0.25) is 10.2 Å². The number of hydrogen-bond donors (Lipinski definition) is 2. The van der Waals surface area contributed by atoms with E-state index in [2.05, 4.69) is 10.7 Å². The molecular formula is C26H26Cl2FN5O. The van der Waals surface area contributed by atoms with E-state index in [4.69, 9.17) is 28.3 Å². The largest absolute Gasteiger partial charge is 0.312 e. The average molecular weight is 514 g/mol. The molecule has 0 saturated carbocycles. The number of nitrogens with one attached hydrogen (secondary N) is 2. The highest BCUT2D eigenvalue weighted by Gasteiger charge is 2.29. The number of benzene rings is 2.